The van der Waals surface area contributed by atoms with Gasteiger partial charge in [-0.2, -0.15) is 10.1 Å². The Morgan fingerprint density at radius 2 is 2.28 bits per heavy atom. The topological polar surface area (TPSA) is 108 Å². The van der Waals surface area contributed by atoms with Gasteiger partial charge in [-0.15, -0.1) is 0 Å². The van der Waals surface area contributed by atoms with Gasteiger partial charge in [0.15, 0.2) is 5.82 Å². The third kappa shape index (κ3) is 3.75. The number of H-pyrrole nitrogens is 1. The van der Waals surface area contributed by atoms with Crippen LogP contribution < -0.4 is 15.5 Å². The van der Waals surface area contributed by atoms with E-state index in [0.717, 1.165) is 42.5 Å². The van der Waals surface area contributed by atoms with Crippen LogP contribution in [0, 0.1) is 11.3 Å². The molecule has 2 fully saturated rings. The summed E-state index contributed by atoms with van der Waals surface area (Å²) < 4.78 is 5.50. The Hall–Kier alpha value is -2.91. The average molecular weight is 456 g/mol. The number of carbonyl (C=O) groups excluding carboxylic acids is 1. The van der Waals surface area contributed by atoms with Crippen molar-refractivity contribution in [2.75, 3.05) is 43.0 Å². The van der Waals surface area contributed by atoms with Crippen LogP contribution in [0.5, 0.6) is 0 Å². The van der Waals surface area contributed by atoms with E-state index in [-0.39, 0.29) is 11.9 Å². The number of halogens is 1. The van der Waals surface area contributed by atoms with E-state index >= 15 is 0 Å². The molecule has 2 atom stereocenters. The maximum atomic E-state index is 13.0. The van der Waals surface area contributed by atoms with Gasteiger partial charge in [-0.05, 0) is 57.0 Å². The highest BCUT2D eigenvalue weighted by Gasteiger charge is 2.53. The number of hydrogen-bond donors (Lipinski definition) is 3. The first-order chi connectivity index (χ1) is 15.6. The molecule has 0 spiro atoms. The van der Waals surface area contributed by atoms with Crippen LogP contribution in [0.1, 0.15) is 19.8 Å². The number of fused-ring (bicyclic) bond motifs is 2. The zero-order chi connectivity index (χ0) is 22.1. The molecule has 3 N–H and O–H groups in total. The maximum absolute atomic E-state index is 13.0. The molecule has 2 saturated heterocycles. The minimum atomic E-state index is -0.539. The molecule has 2 aliphatic rings. The van der Waals surface area contributed by atoms with Gasteiger partial charge < -0.3 is 20.3 Å². The van der Waals surface area contributed by atoms with E-state index in [2.05, 4.69) is 30.7 Å². The van der Waals surface area contributed by atoms with Gasteiger partial charge in [-0.25, -0.2) is 4.98 Å². The van der Waals surface area contributed by atoms with Crippen LogP contribution in [0.15, 0.2) is 30.6 Å². The summed E-state index contributed by atoms with van der Waals surface area (Å²) in [5.74, 6) is 1.16. The van der Waals surface area contributed by atoms with Gasteiger partial charge in [-0.3, -0.25) is 9.89 Å². The lowest BCUT2D eigenvalue weighted by Crippen LogP contribution is -2.41. The van der Waals surface area contributed by atoms with E-state index in [4.69, 9.17) is 21.3 Å². The second kappa shape index (κ2) is 8.55. The molecule has 10 heteroatoms. The zero-order valence-electron chi connectivity index (χ0n) is 17.9. The molecule has 0 aliphatic carbocycles. The summed E-state index contributed by atoms with van der Waals surface area (Å²) >= 11 is 6.41. The summed E-state index contributed by atoms with van der Waals surface area (Å²) in [7, 11) is 0. The molecule has 0 radical (unpaired) electrons. The van der Waals surface area contributed by atoms with Crippen molar-refractivity contribution in [2.45, 2.75) is 19.8 Å². The molecule has 2 unspecified atom stereocenters. The molecule has 5 rings (SSSR count). The van der Waals surface area contributed by atoms with Gasteiger partial charge >= 0.3 is 5.97 Å². The third-order valence-electron chi connectivity index (χ3n) is 6.51. The number of aromatic nitrogens is 4. The molecule has 0 amide bonds. The summed E-state index contributed by atoms with van der Waals surface area (Å²) in [4.78, 5) is 24.3. The van der Waals surface area contributed by atoms with E-state index in [1.807, 2.05) is 25.1 Å². The average Bonchev–Trinajstić information content (AvgIpc) is 3.35. The summed E-state index contributed by atoms with van der Waals surface area (Å²) in [5, 5.41) is 15.1. The monoisotopic (exact) mass is 455 g/mol. The van der Waals surface area contributed by atoms with E-state index < -0.39 is 5.41 Å². The summed E-state index contributed by atoms with van der Waals surface area (Å²) in [6, 6.07) is 5.87. The number of nitrogens with one attached hydrogen (secondary N) is 3. The molecule has 2 aromatic heterocycles. The Balaban J connectivity index is 1.41. The number of ether oxygens (including phenoxy) is 1. The summed E-state index contributed by atoms with van der Waals surface area (Å²) in [6.07, 6.45) is 5.04. The molecular weight excluding hydrogens is 430 g/mol. The molecule has 32 heavy (non-hydrogen) atoms. The molecule has 2 aliphatic heterocycles. The quantitative estimate of drug-likeness (QED) is 0.503. The van der Waals surface area contributed by atoms with Crippen molar-refractivity contribution in [1.82, 2.24) is 25.5 Å². The Morgan fingerprint density at radius 3 is 3.16 bits per heavy atom. The van der Waals surface area contributed by atoms with Gasteiger partial charge in [0.2, 0.25) is 5.95 Å². The van der Waals surface area contributed by atoms with Crippen LogP contribution in [0.25, 0.3) is 10.9 Å². The standard InChI is InChI=1S/C22H26ClN7O2/c1-2-32-20(31)22-6-8-24-7-5-15(22)12-30(13-22)21-25-11-17(23)19(28-21)27-16-3-4-18-14(9-16)10-26-29-18/h3-4,9-11,15,24H,2,5-8,12-13H2,1H3,(H,26,29)(H,25,27,28). The minimum absolute atomic E-state index is 0.114. The molecule has 4 heterocycles. The normalized spacial score (nSPS) is 23.1. The molecule has 3 aromatic rings. The lowest BCUT2D eigenvalue weighted by molar-refractivity contribution is -0.157. The van der Waals surface area contributed by atoms with Crippen molar-refractivity contribution in [3.63, 3.8) is 0 Å². The Bertz CT molecular complexity index is 1140. The van der Waals surface area contributed by atoms with Crippen molar-refractivity contribution in [1.29, 1.82) is 0 Å². The lowest BCUT2D eigenvalue weighted by Gasteiger charge is -2.30. The number of esters is 1. The number of carbonyl (C=O) groups is 1. The Labute approximate surface area is 190 Å². The molecule has 1 aromatic carbocycles. The van der Waals surface area contributed by atoms with Gasteiger partial charge in [0.05, 0.1) is 29.9 Å². The molecule has 0 bridgehead atoms. The fourth-order valence-electron chi connectivity index (χ4n) is 4.85. The van der Waals surface area contributed by atoms with Crippen LogP contribution in [0.3, 0.4) is 0 Å². The lowest BCUT2D eigenvalue weighted by atomic mass is 9.74. The first kappa shape index (κ1) is 21.0. The zero-order valence-corrected chi connectivity index (χ0v) is 18.7. The van der Waals surface area contributed by atoms with E-state index in [9.17, 15) is 4.79 Å². The smallest absolute Gasteiger partial charge is 0.314 e. The van der Waals surface area contributed by atoms with Gasteiger partial charge in [0.1, 0.15) is 5.02 Å². The minimum Gasteiger partial charge on any atom is -0.466 e. The summed E-state index contributed by atoms with van der Waals surface area (Å²) in [6.45, 7) is 5.18. The van der Waals surface area contributed by atoms with E-state index in [1.54, 1.807) is 12.4 Å². The van der Waals surface area contributed by atoms with Crippen LogP contribution >= 0.6 is 11.6 Å². The highest BCUT2D eigenvalue weighted by molar-refractivity contribution is 6.32. The summed E-state index contributed by atoms with van der Waals surface area (Å²) in [5.41, 5.74) is 1.27. The van der Waals surface area contributed by atoms with Crippen molar-refractivity contribution >= 4 is 45.9 Å². The number of benzene rings is 1. The molecule has 9 nitrogen and oxygen atoms in total. The third-order valence-corrected chi connectivity index (χ3v) is 6.79. The SMILES string of the molecule is CCOC(=O)C12CCNCCC1CN(c1ncc(Cl)c(Nc3ccc4[nH]ncc4c3)n1)C2. The van der Waals surface area contributed by atoms with Crippen molar-refractivity contribution in [3.8, 4) is 0 Å². The predicted octanol–water partition coefficient (Wildman–Crippen LogP) is 3.12. The van der Waals surface area contributed by atoms with Gasteiger partial charge in [0.25, 0.3) is 0 Å². The van der Waals surface area contributed by atoms with Crippen LogP contribution in [-0.2, 0) is 9.53 Å². The van der Waals surface area contributed by atoms with Crippen molar-refractivity contribution < 1.29 is 9.53 Å². The van der Waals surface area contributed by atoms with Crippen molar-refractivity contribution in [2.24, 2.45) is 11.3 Å². The maximum Gasteiger partial charge on any atom is 0.314 e. The van der Waals surface area contributed by atoms with E-state index in [1.165, 1.54) is 0 Å². The first-order valence-corrected chi connectivity index (χ1v) is 11.3. The van der Waals surface area contributed by atoms with Gasteiger partial charge in [0, 0.05) is 24.2 Å². The van der Waals surface area contributed by atoms with Crippen LogP contribution in [0.2, 0.25) is 5.02 Å². The highest BCUT2D eigenvalue weighted by Crippen LogP contribution is 2.44. The molecule has 0 saturated carbocycles. The largest absolute Gasteiger partial charge is 0.466 e. The van der Waals surface area contributed by atoms with Crippen molar-refractivity contribution in [3.05, 3.63) is 35.6 Å². The Kier molecular flexibility index (Phi) is 5.60. The molecular formula is C22H26ClN7O2. The predicted molar refractivity (Wildman–Crippen MR) is 123 cm³/mol. The second-order valence-electron chi connectivity index (χ2n) is 8.41. The van der Waals surface area contributed by atoms with Crippen LogP contribution in [0.4, 0.5) is 17.5 Å². The van der Waals surface area contributed by atoms with Crippen LogP contribution in [-0.4, -0.2) is 58.9 Å². The second-order valence-corrected chi connectivity index (χ2v) is 8.81. The highest BCUT2D eigenvalue weighted by atomic mass is 35.5. The number of anilines is 3. The fraction of sp³-hybridized carbons (Fsp3) is 0.455. The van der Waals surface area contributed by atoms with E-state index in [0.29, 0.717) is 36.5 Å². The number of hydrogen-bond acceptors (Lipinski definition) is 8. The Morgan fingerprint density at radius 1 is 1.38 bits per heavy atom. The fourth-order valence-corrected chi connectivity index (χ4v) is 4.99. The number of nitrogens with zero attached hydrogens (tertiary/aromatic N) is 4. The number of aromatic amines is 1. The molecule has 168 valence electrons. The van der Waals surface area contributed by atoms with Gasteiger partial charge in [-0.1, -0.05) is 11.6 Å². The first-order valence-electron chi connectivity index (χ1n) is 10.9. The number of rotatable bonds is 5.